The molecular formula is C13H15ClFNO. The molecule has 1 aromatic carbocycles. The summed E-state index contributed by atoms with van der Waals surface area (Å²) in [5.41, 5.74) is 0.664. The maximum Gasteiger partial charge on any atom is 0.129 e. The van der Waals surface area contributed by atoms with Gasteiger partial charge in [-0.25, -0.2) is 4.39 Å². The van der Waals surface area contributed by atoms with Gasteiger partial charge in [-0.1, -0.05) is 17.7 Å². The summed E-state index contributed by atoms with van der Waals surface area (Å²) in [6.07, 6.45) is 4.12. The minimum atomic E-state index is -0.242. The van der Waals surface area contributed by atoms with Gasteiger partial charge < -0.3 is 10.1 Å². The number of hydrogen-bond acceptors (Lipinski definition) is 2. The second kappa shape index (κ2) is 4.56. The number of benzene rings is 1. The third kappa shape index (κ3) is 2.32. The molecule has 0 amide bonds. The zero-order valence-corrected chi connectivity index (χ0v) is 10.2. The molecule has 0 spiro atoms. The van der Waals surface area contributed by atoms with Gasteiger partial charge in [0, 0.05) is 23.2 Å². The summed E-state index contributed by atoms with van der Waals surface area (Å²) in [5, 5.41) is 3.82. The quantitative estimate of drug-likeness (QED) is 0.897. The molecule has 17 heavy (non-hydrogen) atoms. The van der Waals surface area contributed by atoms with Crippen molar-refractivity contribution in [2.45, 2.75) is 44.1 Å². The van der Waals surface area contributed by atoms with Crippen molar-refractivity contribution in [2.24, 2.45) is 0 Å². The van der Waals surface area contributed by atoms with Gasteiger partial charge in [-0.15, -0.1) is 0 Å². The van der Waals surface area contributed by atoms with Gasteiger partial charge in [0.25, 0.3) is 0 Å². The fraction of sp³-hybridized carbons (Fsp3) is 0.538. The van der Waals surface area contributed by atoms with Crippen LogP contribution in [0.4, 0.5) is 4.39 Å². The summed E-state index contributed by atoms with van der Waals surface area (Å²) in [7, 11) is 0. The summed E-state index contributed by atoms with van der Waals surface area (Å²) in [4.78, 5) is 0. The van der Waals surface area contributed by atoms with Crippen LogP contribution < -0.4 is 5.32 Å². The lowest BCUT2D eigenvalue weighted by Crippen LogP contribution is -2.37. The number of nitrogens with one attached hydrogen (secondary N) is 1. The van der Waals surface area contributed by atoms with Crippen LogP contribution in [0.5, 0.6) is 0 Å². The van der Waals surface area contributed by atoms with E-state index in [-0.39, 0.29) is 5.82 Å². The molecule has 2 fully saturated rings. The van der Waals surface area contributed by atoms with Gasteiger partial charge in [0.1, 0.15) is 5.82 Å². The predicted octanol–water partition coefficient (Wildman–Crippen LogP) is 2.89. The number of fused-ring (bicyclic) bond motifs is 2. The topological polar surface area (TPSA) is 21.3 Å². The summed E-state index contributed by atoms with van der Waals surface area (Å²) in [5.74, 6) is -0.242. The van der Waals surface area contributed by atoms with Gasteiger partial charge >= 0.3 is 0 Å². The molecule has 2 aliphatic rings. The summed E-state index contributed by atoms with van der Waals surface area (Å²) in [6.45, 7) is 0.542. The standard InChI is InChI=1S/C13H15ClFNO/c14-9-2-1-8(11(15)5-9)7-16-12-6-10-3-4-13(12)17-10/h1-2,5,10,12-13,16H,3-4,6-7H2. The average Bonchev–Trinajstić information content (AvgIpc) is 2.89. The Kier molecular flexibility index (Phi) is 3.07. The van der Waals surface area contributed by atoms with Crippen LogP contribution in [-0.4, -0.2) is 18.2 Å². The lowest BCUT2D eigenvalue weighted by molar-refractivity contribution is 0.0972. The van der Waals surface area contributed by atoms with Crippen molar-refractivity contribution in [3.05, 3.63) is 34.6 Å². The molecule has 2 nitrogen and oxygen atoms in total. The minimum Gasteiger partial charge on any atom is -0.373 e. The second-order valence-electron chi connectivity index (χ2n) is 4.83. The van der Waals surface area contributed by atoms with Gasteiger partial charge in [-0.2, -0.15) is 0 Å². The van der Waals surface area contributed by atoms with Crippen LogP contribution in [0.3, 0.4) is 0 Å². The lowest BCUT2D eigenvalue weighted by Gasteiger charge is -2.20. The Morgan fingerprint density at radius 3 is 2.94 bits per heavy atom. The molecule has 1 N–H and O–H groups in total. The molecule has 0 radical (unpaired) electrons. The first kappa shape index (κ1) is 11.5. The third-order valence-electron chi connectivity index (χ3n) is 3.68. The van der Waals surface area contributed by atoms with E-state index in [1.165, 1.54) is 12.5 Å². The molecule has 2 heterocycles. The highest BCUT2D eigenvalue weighted by Crippen LogP contribution is 2.34. The molecule has 0 aromatic heterocycles. The van der Waals surface area contributed by atoms with E-state index in [2.05, 4.69) is 5.32 Å². The Labute approximate surface area is 105 Å². The fourth-order valence-corrected chi connectivity index (χ4v) is 2.92. The number of rotatable bonds is 3. The molecule has 3 unspecified atom stereocenters. The number of halogens is 2. The number of ether oxygens (including phenoxy) is 1. The first-order valence-corrected chi connectivity index (χ1v) is 6.43. The normalized spacial score (nSPS) is 31.1. The molecule has 3 atom stereocenters. The zero-order chi connectivity index (χ0) is 11.8. The smallest absolute Gasteiger partial charge is 0.129 e. The van der Waals surface area contributed by atoms with Crippen molar-refractivity contribution < 1.29 is 9.13 Å². The second-order valence-corrected chi connectivity index (χ2v) is 5.27. The summed E-state index contributed by atoms with van der Waals surface area (Å²) >= 11 is 5.72. The van der Waals surface area contributed by atoms with E-state index in [1.807, 2.05) is 0 Å². The Hall–Kier alpha value is -0.640. The van der Waals surface area contributed by atoms with Crippen molar-refractivity contribution in [3.63, 3.8) is 0 Å². The van der Waals surface area contributed by atoms with Crippen LogP contribution in [0, 0.1) is 5.82 Å². The zero-order valence-electron chi connectivity index (χ0n) is 9.46. The van der Waals surface area contributed by atoms with Gasteiger partial charge in [0.05, 0.1) is 12.2 Å². The third-order valence-corrected chi connectivity index (χ3v) is 3.91. The lowest BCUT2D eigenvalue weighted by atomic mass is 9.95. The van der Waals surface area contributed by atoms with Gasteiger partial charge in [-0.3, -0.25) is 0 Å². The summed E-state index contributed by atoms with van der Waals surface area (Å²) < 4.78 is 19.3. The minimum absolute atomic E-state index is 0.242. The maximum absolute atomic E-state index is 13.6. The molecule has 3 rings (SSSR count). The molecule has 92 valence electrons. The van der Waals surface area contributed by atoms with E-state index in [1.54, 1.807) is 12.1 Å². The van der Waals surface area contributed by atoms with Crippen LogP contribution in [0.1, 0.15) is 24.8 Å². The molecule has 1 aromatic rings. The van der Waals surface area contributed by atoms with Crippen LogP contribution in [0.15, 0.2) is 18.2 Å². The predicted molar refractivity (Wildman–Crippen MR) is 64.5 cm³/mol. The highest BCUT2D eigenvalue weighted by atomic mass is 35.5. The maximum atomic E-state index is 13.6. The Bertz CT molecular complexity index is 426. The van der Waals surface area contributed by atoms with Crippen LogP contribution in [0.25, 0.3) is 0 Å². The Morgan fingerprint density at radius 2 is 2.29 bits per heavy atom. The molecule has 4 heteroatoms. The molecule has 2 bridgehead atoms. The van der Waals surface area contributed by atoms with Crippen LogP contribution in [-0.2, 0) is 11.3 Å². The first-order valence-electron chi connectivity index (χ1n) is 6.05. The van der Waals surface area contributed by atoms with E-state index < -0.39 is 0 Å². The van der Waals surface area contributed by atoms with Gasteiger partial charge in [0.15, 0.2) is 0 Å². The van der Waals surface area contributed by atoms with Gasteiger partial charge in [0.2, 0.25) is 0 Å². The van der Waals surface area contributed by atoms with E-state index >= 15 is 0 Å². The molecular weight excluding hydrogens is 241 g/mol. The van der Waals surface area contributed by atoms with Crippen molar-refractivity contribution >= 4 is 11.6 Å². The highest BCUT2D eigenvalue weighted by Gasteiger charge is 2.40. The molecule has 0 saturated carbocycles. The van der Waals surface area contributed by atoms with E-state index in [4.69, 9.17) is 16.3 Å². The van der Waals surface area contributed by atoms with Crippen LogP contribution in [0.2, 0.25) is 5.02 Å². The first-order chi connectivity index (χ1) is 8.22. The summed E-state index contributed by atoms with van der Waals surface area (Å²) in [6, 6.07) is 5.19. The van der Waals surface area contributed by atoms with Crippen molar-refractivity contribution in [3.8, 4) is 0 Å². The highest BCUT2D eigenvalue weighted by molar-refractivity contribution is 6.30. The van der Waals surface area contributed by atoms with Gasteiger partial charge in [-0.05, 0) is 31.4 Å². The largest absolute Gasteiger partial charge is 0.373 e. The van der Waals surface area contributed by atoms with Crippen molar-refractivity contribution in [2.75, 3.05) is 0 Å². The van der Waals surface area contributed by atoms with Crippen molar-refractivity contribution in [1.82, 2.24) is 5.32 Å². The van der Waals surface area contributed by atoms with E-state index in [0.29, 0.717) is 35.4 Å². The van der Waals surface area contributed by atoms with E-state index in [9.17, 15) is 4.39 Å². The molecule has 2 saturated heterocycles. The monoisotopic (exact) mass is 255 g/mol. The average molecular weight is 256 g/mol. The van der Waals surface area contributed by atoms with Crippen molar-refractivity contribution in [1.29, 1.82) is 0 Å². The molecule has 2 aliphatic heterocycles. The van der Waals surface area contributed by atoms with Crippen LogP contribution >= 0.6 is 11.6 Å². The molecule has 0 aliphatic carbocycles. The number of hydrogen-bond donors (Lipinski definition) is 1. The fourth-order valence-electron chi connectivity index (χ4n) is 2.76. The Balaban J connectivity index is 1.60. The Morgan fingerprint density at radius 1 is 1.41 bits per heavy atom. The SMILES string of the molecule is Fc1cc(Cl)ccc1CNC1CC2CCC1O2. The van der Waals surface area contributed by atoms with E-state index in [0.717, 1.165) is 12.8 Å².